The van der Waals surface area contributed by atoms with E-state index in [0.29, 0.717) is 5.56 Å². The number of carbonyl (C=O) groups excluding carboxylic acids is 1. The Hall–Kier alpha value is -1.38. The minimum absolute atomic E-state index is 0.0914. The number of amides is 1. The molecular formula is C15H18BrN3O. The number of hydrogen-bond acceptors (Lipinski definition) is 3. The van der Waals surface area contributed by atoms with Crippen molar-refractivity contribution in [2.24, 2.45) is 0 Å². The number of anilines is 1. The van der Waals surface area contributed by atoms with Gasteiger partial charge in [0, 0.05) is 11.0 Å². The highest BCUT2D eigenvalue weighted by atomic mass is 79.9. The molecule has 20 heavy (non-hydrogen) atoms. The lowest BCUT2D eigenvalue weighted by molar-refractivity contribution is -0.121. The van der Waals surface area contributed by atoms with Crippen molar-refractivity contribution in [3.63, 3.8) is 0 Å². The van der Waals surface area contributed by atoms with E-state index in [1.54, 1.807) is 12.1 Å². The van der Waals surface area contributed by atoms with Gasteiger partial charge in [-0.2, -0.15) is 5.26 Å². The number of benzene rings is 1. The van der Waals surface area contributed by atoms with E-state index in [1.165, 1.54) is 0 Å². The smallest absolute Gasteiger partial charge is 0.244 e. The fourth-order valence-electron chi connectivity index (χ4n) is 2.42. The number of nitriles is 1. The van der Waals surface area contributed by atoms with Crippen LogP contribution in [0.3, 0.4) is 0 Å². The lowest BCUT2D eigenvalue weighted by Gasteiger charge is -2.33. The van der Waals surface area contributed by atoms with Crippen LogP contribution in [0.25, 0.3) is 0 Å². The van der Waals surface area contributed by atoms with Gasteiger partial charge in [-0.15, -0.1) is 0 Å². The third-order valence-corrected chi connectivity index (χ3v) is 4.08. The fraction of sp³-hybridized carbons (Fsp3) is 0.467. The first-order chi connectivity index (χ1) is 9.67. The van der Waals surface area contributed by atoms with Crippen LogP contribution in [0.4, 0.5) is 5.69 Å². The summed E-state index contributed by atoms with van der Waals surface area (Å²) in [6.07, 6.45) is 2.90. The van der Waals surface area contributed by atoms with Gasteiger partial charge in [-0.1, -0.05) is 6.92 Å². The van der Waals surface area contributed by atoms with Crippen LogP contribution in [0.15, 0.2) is 22.7 Å². The van der Waals surface area contributed by atoms with E-state index < -0.39 is 0 Å². The van der Waals surface area contributed by atoms with Crippen molar-refractivity contribution in [2.45, 2.75) is 32.2 Å². The standard InChI is InChI=1S/C15H18BrN3O/c1-2-7-18-13-4-3-8-19(15(13)20)14-6-5-11(10-17)9-12(14)16/h5-6,9,13,18H,2-4,7-8H2,1H3. The third kappa shape index (κ3) is 3.20. The van der Waals surface area contributed by atoms with Gasteiger partial charge in [-0.3, -0.25) is 4.79 Å². The van der Waals surface area contributed by atoms with Crippen LogP contribution in [-0.2, 0) is 4.79 Å². The van der Waals surface area contributed by atoms with Crippen LogP contribution in [-0.4, -0.2) is 25.0 Å². The predicted octanol–water partition coefficient (Wildman–Crippen LogP) is 2.82. The van der Waals surface area contributed by atoms with E-state index in [-0.39, 0.29) is 11.9 Å². The van der Waals surface area contributed by atoms with Gasteiger partial charge in [0.15, 0.2) is 0 Å². The number of nitrogens with zero attached hydrogens (tertiary/aromatic N) is 2. The maximum absolute atomic E-state index is 12.5. The second-order valence-corrected chi connectivity index (χ2v) is 5.77. The number of carbonyl (C=O) groups is 1. The highest BCUT2D eigenvalue weighted by Crippen LogP contribution is 2.30. The molecule has 1 aromatic carbocycles. The van der Waals surface area contributed by atoms with Gasteiger partial charge in [-0.25, -0.2) is 0 Å². The van der Waals surface area contributed by atoms with E-state index in [0.717, 1.165) is 42.5 Å². The Kier molecular flexibility index (Phi) is 5.16. The largest absolute Gasteiger partial charge is 0.310 e. The van der Waals surface area contributed by atoms with Crippen molar-refractivity contribution in [2.75, 3.05) is 18.0 Å². The van der Waals surface area contributed by atoms with Gasteiger partial charge in [-0.05, 0) is 59.9 Å². The molecule has 2 rings (SSSR count). The summed E-state index contributed by atoms with van der Waals surface area (Å²) in [4.78, 5) is 14.3. The van der Waals surface area contributed by atoms with Crippen molar-refractivity contribution in [1.29, 1.82) is 5.26 Å². The summed E-state index contributed by atoms with van der Waals surface area (Å²) < 4.78 is 0.793. The van der Waals surface area contributed by atoms with Crippen LogP contribution in [0, 0.1) is 11.3 Å². The summed E-state index contributed by atoms with van der Waals surface area (Å²) in [5.74, 6) is 0.120. The van der Waals surface area contributed by atoms with Gasteiger partial charge in [0.1, 0.15) is 0 Å². The molecule has 1 aliphatic heterocycles. The highest BCUT2D eigenvalue weighted by molar-refractivity contribution is 9.10. The number of piperidine rings is 1. The zero-order valence-electron chi connectivity index (χ0n) is 11.5. The molecule has 0 radical (unpaired) electrons. The van der Waals surface area contributed by atoms with Crippen LogP contribution < -0.4 is 10.2 Å². The van der Waals surface area contributed by atoms with Gasteiger partial charge in [0.2, 0.25) is 5.91 Å². The molecule has 1 unspecified atom stereocenters. The molecule has 0 aliphatic carbocycles. The molecule has 0 saturated carbocycles. The topological polar surface area (TPSA) is 56.1 Å². The number of nitrogens with one attached hydrogen (secondary N) is 1. The zero-order chi connectivity index (χ0) is 14.5. The molecule has 1 aliphatic rings. The maximum atomic E-state index is 12.5. The van der Waals surface area contributed by atoms with E-state index in [1.807, 2.05) is 11.0 Å². The Bertz CT molecular complexity index is 538. The van der Waals surface area contributed by atoms with Gasteiger partial charge in [0.25, 0.3) is 0 Å². The zero-order valence-corrected chi connectivity index (χ0v) is 13.1. The van der Waals surface area contributed by atoms with Crippen molar-refractivity contribution in [3.8, 4) is 6.07 Å². The summed E-state index contributed by atoms with van der Waals surface area (Å²) in [5, 5.41) is 12.2. The van der Waals surface area contributed by atoms with Crippen LogP contribution in [0.2, 0.25) is 0 Å². The first-order valence-electron chi connectivity index (χ1n) is 6.91. The van der Waals surface area contributed by atoms with Crippen LogP contribution in [0.1, 0.15) is 31.7 Å². The molecule has 1 atom stereocenters. The second-order valence-electron chi connectivity index (χ2n) is 4.92. The van der Waals surface area contributed by atoms with E-state index >= 15 is 0 Å². The number of hydrogen-bond donors (Lipinski definition) is 1. The van der Waals surface area contributed by atoms with Gasteiger partial charge >= 0.3 is 0 Å². The van der Waals surface area contributed by atoms with Gasteiger partial charge in [0.05, 0.1) is 23.4 Å². The second kappa shape index (κ2) is 6.87. The summed E-state index contributed by atoms with van der Waals surface area (Å²) in [5.41, 5.74) is 1.43. The van der Waals surface area contributed by atoms with Crippen LogP contribution in [0.5, 0.6) is 0 Å². The molecule has 1 heterocycles. The highest BCUT2D eigenvalue weighted by Gasteiger charge is 2.29. The molecule has 106 valence electrons. The molecule has 1 amide bonds. The normalized spacial score (nSPS) is 18.9. The summed E-state index contributed by atoms with van der Waals surface area (Å²) in [6, 6.07) is 7.35. The summed E-state index contributed by atoms with van der Waals surface area (Å²) in [6.45, 7) is 3.68. The quantitative estimate of drug-likeness (QED) is 0.920. The SMILES string of the molecule is CCCNC1CCCN(c2ccc(C#N)cc2Br)C1=O. The molecule has 4 nitrogen and oxygen atoms in total. The maximum Gasteiger partial charge on any atom is 0.244 e. The average molecular weight is 336 g/mol. The number of halogens is 1. The molecule has 0 bridgehead atoms. The van der Waals surface area contributed by atoms with E-state index in [9.17, 15) is 4.79 Å². The Labute approximate surface area is 127 Å². The molecule has 1 N–H and O–H groups in total. The first-order valence-corrected chi connectivity index (χ1v) is 7.71. The predicted molar refractivity (Wildman–Crippen MR) is 82.5 cm³/mol. The molecule has 0 aromatic heterocycles. The lowest BCUT2D eigenvalue weighted by Crippen LogP contribution is -2.51. The molecule has 1 fully saturated rings. The minimum atomic E-state index is -0.0914. The van der Waals surface area contributed by atoms with Crippen LogP contribution >= 0.6 is 15.9 Å². The monoisotopic (exact) mass is 335 g/mol. The van der Waals surface area contributed by atoms with Crippen molar-refractivity contribution < 1.29 is 4.79 Å². The number of rotatable bonds is 4. The first kappa shape index (κ1) is 15.0. The Morgan fingerprint density at radius 3 is 3.00 bits per heavy atom. The van der Waals surface area contributed by atoms with E-state index in [2.05, 4.69) is 34.2 Å². The summed E-state index contributed by atoms with van der Waals surface area (Å²) >= 11 is 3.46. The lowest BCUT2D eigenvalue weighted by atomic mass is 10.0. The Balaban J connectivity index is 2.19. The van der Waals surface area contributed by atoms with Crippen molar-refractivity contribution in [3.05, 3.63) is 28.2 Å². The average Bonchev–Trinajstić information content (AvgIpc) is 2.46. The van der Waals surface area contributed by atoms with Crippen molar-refractivity contribution >= 4 is 27.5 Å². The Morgan fingerprint density at radius 2 is 2.35 bits per heavy atom. The third-order valence-electron chi connectivity index (χ3n) is 3.45. The van der Waals surface area contributed by atoms with Crippen molar-refractivity contribution in [1.82, 2.24) is 5.32 Å². The molecule has 1 aromatic rings. The Morgan fingerprint density at radius 1 is 1.55 bits per heavy atom. The summed E-state index contributed by atoms with van der Waals surface area (Å²) in [7, 11) is 0. The van der Waals surface area contributed by atoms with Gasteiger partial charge < -0.3 is 10.2 Å². The molecule has 0 spiro atoms. The van der Waals surface area contributed by atoms with E-state index in [4.69, 9.17) is 5.26 Å². The minimum Gasteiger partial charge on any atom is -0.310 e. The molecule has 5 heteroatoms. The molecular weight excluding hydrogens is 318 g/mol. The fourth-order valence-corrected chi connectivity index (χ4v) is 3.01. The molecule has 1 saturated heterocycles.